The summed E-state index contributed by atoms with van der Waals surface area (Å²) in [4.78, 5) is 80.0. The number of rotatable bonds is 15. The van der Waals surface area contributed by atoms with E-state index in [1.807, 2.05) is 5.32 Å². The summed E-state index contributed by atoms with van der Waals surface area (Å²) in [5.74, 6) is -6.29. The van der Waals surface area contributed by atoms with Crippen molar-refractivity contribution >= 4 is 41.4 Å². The number of carbonyl (C=O) groups is 7. The highest BCUT2D eigenvalue weighted by Gasteiger charge is 2.22. The Balaban J connectivity index is 4.31. The van der Waals surface area contributed by atoms with Gasteiger partial charge in [-0.1, -0.05) is 0 Å². The van der Waals surface area contributed by atoms with E-state index in [2.05, 4.69) is 26.6 Å². The van der Waals surface area contributed by atoms with Crippen LogP contribution in [0.4, 0.5) is 0 Å². The van der Waals surface area contributed by atoms with Crippen LogP contribution in [0.25, 0.3) is 0 Å². The monoisotopic (exact) mass is 477 g/mol. The molecule has 0 radical (unpaired) electrons. The van der Waals surface area contributed by atoms with E-state index in [9.17, 15) is 38.7 Å². The minimum Gasteiger partial charge on any atom is -0.480 e. The smallest absolute Gasteiger partial charge is 0.328 e. The fourth-order valence-corrected chi connectivity index (χ4v) is 1.89. The van der Waals surface area contributed by atoms with Gasteiger partial charge in [0.1, 0.15) is 12.1 Å². The Bertz CT molecular complexity index is 745. The highest BCUT2D eigenvalue weighted by Crippen LogP contribution is 1.86. The van der Waals surface area contributed by atoms with E-state index in [0.29, 0.717) is 0 Å². The molecule has 33 heavy (non-hydrogen) atoms. The number of nitrogens with two attached hydrogens (primary N) is 1. The van der Waals surface area contributed by atoms with Crippen LogP contribution < -0.4 is 37.6 Å². The fraction of sp³-hybridized carbons (Fsp3) is 0.562. The molecule has 0 rings (SSSR count). The molecule has 0 aliphatic carbocycles. The molecule has 0 spiro atoms. The number of hydrogen-bond acceptors (Lipinski definition) is 10. The molecule has 0 bridgehead atoms. The van der Waals surface area contributed by atoms with Gasteiger partial charge in [-0.2, -0.15) is 0 Å². The average molecular weight is 477 g/mol. The van der Waals surface area contributed by atoms with E-state index in [1.54, 1.807) is 0 Å². The van der Waals surface area contributed by atoms with Gasteiger partial charge < -0.3 is 53.0 Å². The Morgan fingerprint density at radius 2 is 1.00 bits per heavy atom. The maximum atomic E-state index is 11.9. The van der Waals surface area contributed by atoms with Crippen molar-refractivity contribution in [3.8, 4) is 0 Å². The number of aliphatic carboxylic acids is 1. The van der Waals surface area contributed by atoms with Gasteiger partial charge in [0.25, 0.3) is 0 Å². The van der Waals surface area contributed by atoms with Crippen LogP contribution in [0, 0.1) is 0 Å². The summed E-state index contributed by atoms with van der Waals surface area (Å²) < 4.78 is 0. The maximum absolute atomic E-state index is 11.9. The number of carbonyl (C=O) groups excluding carboxylic acids is 6. The van der Waals surface area contributed by atoms with Gasteiger partial charge in [0.05, 0.1) is 45.9 Å². The Labute approximate surface area is 186 Å². The van der Waals surface area contributed by atoms with Crippen molar-refractivity contribution in [3.63, 3.8) is 0 Å². The van der Waals surface area contributed by atoms with E-state index in [0.717, 1.165) is 0 Å². The molecule has 0 aromatic carbocycles. The average Bonchev–Trinajstić information content (AvgIpc) is 2.79. The summed E-state index contributed by atoms with van der Waals surface area (Å²) in [5.41, 5.74) is 5.04. The second-order valence-electron chi connectivity index (χ2n) is 6.20. The van der Waals surface area contributed by atoms with Crippen molar-refractivity contribution in [2.45, 2.75) is 12.1 Å². The topological polar surface area (TPSA) is 278 Å². The van der Waals surface area contributed by atoms with Gasteiger partial charge in [0.2, 0.25) is 35.4 Å². The molecule has 17 heteroatoms. The third kappa shape index (κ3) is 13.2. The zero-order valence-corrected chi connectivity index (χ0v) is 17.4. The van der Waals surface area contributed by atoms with E-state index in [4.69, 9.17) is 15.9 Å². The molecule has 0 saturated carbocycles. The van der Waals surface area contributed by atoms with Crippen molar-refractivity contribution in [1.29, 1.82) is 0 Å². The minimum absolute atomic E-state index is 0.308. The SMILES string of the molecule is NCC(=O)NCC(=O)NCC(=O)NCC(=O)N[C@@H](CO)C(=O)NCC(=O)N[C@@H](CO)C(=O)O. The van der Waals surface area contributed by atoms with Crippen LogP contribution in [0.5, 0.6) is 0 Å². The number of aliphatic hydroxyl groups is 2. The van der Waals surface area contributed by atoms with Crippen molar-refractivity contribution in [1.82, 2.24) is 31.9 Å². The third-order valence-electron chi connectivity index (χ3n) is 3.60. The van der Waals surface area contributed by atoms with Crippen LogP contribution >= 0.6 is 0 Å². The van der Waals surface area contributed by atoms with Crippen LogP contribution in [0.1, 0.15) is 0 Å². The lowest BCUT2D eigenvalue weighted by Crippen LogP contribution is -2.54. The van der Waals surface area contributed by atoms with Gasteiger partial charge in [0, 0.05) is 0 Å². The molecule has 0 aromatic heterocycles. The zero-order chi connectivity index (χ0) is 25.4. The molecule has 6 amide bonds. The van der Waals surface area contributed by atoms with Crippen LogP contribution in [-0.2, 0) is 33.6 Å². The largest absolute Gasteiger partial charge is 0.480 e. The molecule has 0 aromatic rings. The normalized spacial score (nSPS) is 11.8. The minimum atomic E-state index is -1.57. The third-order valence-corrected chi connectivity index (χ3v) is 3.60. The summed E-state index contributed by atoms with van der Waals surface area (Å²) in [6, 6.07) is -3.05. The van der Waals surface area contributed by atoms with Gasteiger partial charge in [-0.15, -0.1) is 0 Å². The number of carboxylic acid groups (broad SMARTS) is 1. The van der Waals surface area contributed by atoms with Crippen LogP contribution in [-0.4, -0.2) is 115 Å². The lowest BCUT2D eigenvalue weighted by molar-refractivity contribution is -0.142. The maximum Gasteiger partial charge on any atom is 0.328 e. The first-order valence-corrected chi connectivity index (χ1v) is 9.35. The lowest BCUT2D eigenvalue weighted by Gasteiger charge is -2.17. The molecule has 17 nitrogen and oxygen atoms in total. The molecule has 0 fully saturated rings. The van der Waals surface area contributed by atoms with Crippen LogP contribution in [0.15, 0.2) is 0 Å². The van der Waals surface area contributed by atoms with Gasteiger partial charge in [-0.3, -0.25) is 28.8 Å². The van der Waals surface area contributed by atoms with Gasteiger partial charge in [0.15, 0.2) is 0 Å². The second-order valence-corrected chi connectivity index (χ2v) is 6.20. The number of hydrogen-bond donors (Lipinski definition) is 10. The summed E-state index contributed by atoms with van der Waals surface area (Å²) in [7, 11) is 0. The molecule has 186 valence electrons. The predicted octanol–water partition coefficient (Wildman–Crippen LogP) is -7.55. The molecular weight excluding hydrogens is 450 g/mol. The van der Waals surface area contributed by atoms with Crippen molar-refractivity contribution < 1.29 is 48.9 Å². The van der Waals surface area contributed by atoms with Crippen LogP contribution in [0.3, 0.4) is 0 Å². The van der Waals surface area contributed by atoms with E-state index >= 15 is 0 Å². The number of carboxylic acids is 1. The van der Waals surface area contributed by atoms with Crippen molar-refractivity contribution in [2.75, 3.05) is 45.9 Å². The van der Waals surface area contributed by atoms with Gasteiger partial charge in [-0.05, 0) is 0 Å². The molecule has 0 saturated heterocycles. The van der Waals surface area contributed by atoms with Gasteiger partial charge >= 0.3 is 5.97 Å². The molecule has 2 atom stereocenters. The Kier molecular flexibility index (Phi) is 14.1. The first-order chi connectivity index (χ1) is 15.5. The summed E-state index contributed by atoms with van der Waals surface area (Å²) in [6.07, 6.45) is 0. The number of aliphatic hydroxyl groups excluding tert-OH is 2. The second kappa shape index (κ2) is 15.9. The molecule has 0 heterocycles. The fourth-order valence-electron chi connectivity index (χ4n) is 1.89. The Morgan fingerprint density at radius 3 is 1.42 bits per heavy atom. The van der Waals surface area contributed by atoms with Gasteiger partial charge in [-0.25, -0.2) is 4.79 Å². The predicted molar refractivity (Wildman–Crippen MR) is 107 cm³/mol. The lowest BCUT2D eigenvalue weighted by atomic mass is 10.2. The summed E-state index contributed by atoms with van der Waals surface area (Å²) in [6.45, 7) is -4.24. The van der Waals surface area contributed by atoms with E-state index in [-0.39, 0.29) is 6.54 Å². The van der Waals surface area contributed by atoms with Crippen LogP contribution in [0.2, 0.25) is 0 Å². The Morgan fingerprint density at radius 1 is 0.606 bits per heavy atom. The highest BCUT2D eigenvalue weighted by molar-refractivity contribution is 5.93. The van der Waals surface area contributed by atoms with Crippen molar-refractivity contribution in [2.24, 2.45) is 5.73 Å². The standard InChI is InChI=1S/C16H27N7O10/c17-1-10(26)18-2-11(27)19-3-12(28)20-4-13(29)22-8(6-24)15(31)21-5-14(30)23-9(7-25)16(32)33/h8-9,24-25H,1-7,17H2,(H,18,26)(H,19,27)(H,20,28)(H,21,31)(H,22,29)(H,23,30)(H,32,33)/t8-,9-/m0/s1. The quantitative estimate of drug-likeness (QED) is 0.106. The number of nitrogens with one attached hydrogen (secondary N) is 6. The summed E-state index contributed by atoms with van der Waals surface area (Å²) >= 11 is 0. The Hall–Kier alpha value is -3.83. The summed E-state index contributed by atoms with van der Waals surface area (Å²) in [5, 5.41) is 39.4. The molecule has 11 N–H and O–H groups in total. The van der Waals surface area contributed by atoms with E-state index in [1.165, 1.54) is 0 Å². The molecule has 0 unspecified atom stereocenters. The molecule has 0 aliphatic heterocycles. The zero-order valence-electron chi connectivity index (χ0n) is 17.4. The molecular formula is C16H27N7O10. The molecule has 0 aliphatic rings. The van der Waals surface area contributed by atoms with E-state index < -0.39 is 92.9 Å². The van der Waals surface area contributed by atoms with Crippen molar-refractivity contribution in [3.05, 3.63) is 0 Å². The first-order valence-electron chi connectivity index (χ1n) is 9.35. The highest BCUT2D eigenvalue weighted by atomic mass is 16.4. The first kappa shape index (κ1) is 29.2. The number of amides is 6.